The Kier molecular flexibility index (Phi) is 36.1. The van der Waals surface area contributed by atoms with E-state index in [2.05, 4.69) is 38.2 Å². The van der Waals surface area contributed by atoms with E-state index in [1.54, 1.807) is 0 Å². The first kappa shape index (κ1) is 52.5. The maximum absolute atomic E-state index is 12.7. The number of nitrogens with zero attached hydrogens (tertiary/aromatic N) is 1. The minimum absolute atomic E-state index is 0.0299. The Hall–Kier alpha value is -1.51. The molecular formula is C44H84NO8P. The van der Waals surface area contributed by atoms with Crippen molar-refractivity contribution < 1.29 is 42.1 Å². The molecule has 0 heterocycles. The molecular weight excluding hydrogens is 701 g/mol. The summed E-state index contributed by atoms with van der Waals surface area (Å²) in [6, 6.07) is 0. The second-order valence-corrected chi connectivity index (χ2v) is 17.5. The summed E-state index contributed by atoms with van der Waals surface area (Å²) < 4.78 is 33.9. The molecule has 0 aliphatic carbocycles. The number of quaternary nitrogens is 1. The summed E-state index contributed by atoms with van der Waals surface area (Å²) in [4.78, 5) is 37.5. The molecule has 318 valence electrons. The largest absolute Gasteiger partial charge is 0.756 e. The summed E-state index contributed by atoms with van der Waals surface area (Å²) in [5.74, 6) is -0.835. The van der Waals surface area contributed by atoms with Crippen LogP contribution < -0.4 is 4.89 Å². The highest BCUT2D eigenvalue weighted by atomic mass is 31.2. The van der Waals surface area contributed by atoms with E-state index in [0.29, 0.717) is 17.4 Å². The summed E-state index contributed by atoms with van der Waals surface area (Å²) >= 11 is 0. The SMILES string of the molecule is CCCCC/C=C/C/C=C/CCCCCCCCCCCC(=O)O[C@H](COC(=O)CCCCCCCCCCCCC)COP(=O)([O-])OCC[N+](C)(C)C. The van der Waals surface area contributed by atoms with Crippen molar-refractivity contribution in [1.29, 1.82) is 0 Å². The molecule has 0 aromatic carbocycles. The number of esters is 2. The van der Waals surface area contributed by atoms with Crippen molar-refractivity contribution in [2.75, 3.05) is 47.5 Å². The van der Waals surface area contributed by atoms with Crippen molar-refractivity contribution in [3.8, 4) is 0 Å². The second-order valence-electron chi connectivity index (χ2n) is 16.1. The van der Waals surface area contributed by atoms with Crippen LogP contribution in [0.1, 0.15) is 194 Å². The van der Waals surface area contributed by atoms with Gasteiger partial charge in [-0.3, -0.25) is 14.2 Å². The molecule has 0 aliphatic rings. The summed E-state index contributed by atoms with van der Waals surface area (Å²) in [5.41, 5.74) is 0. The van der Waals surface area contributed by atoms with E-state index in [-0.39, 0.29) is 32.0 Å². The predicted molar refractivity (Wildman–Crippen MR) is 222 cm³/mol. The van der Waals surface area contributed by atoms with Gasteiger partial charge < -0.3 is 27.9 Å². The van der Waals surface area contributed by atoms with Crippen LogP contribution in [-0.2, 0) is 32.7 Å². The normalized spacial score (nSPS) is 13.8. The summed E-state index contributed by atoms with van der Waals surface area (Å²) in [6.07, 6.45) is 39.1. The van der Waals surface area contributed by atoms with Gasteiger partial charge in [0.25, 0.3) is 7.82 Å². The highest BCUT2D eigenvalue weighted by molar-refractivity contribution is 7.45. The van der Waals surface area contributed by atoms with E-state index in [0.717, 1.165) is 51.4 Å². The number of phosphoric acid groups is 1. The highest BCUT2D eigenvalue weighted by Crippen LogP contribution is 2.38. The van der Waals surface area contributed by atoms with Crippen LogP contribution in [0, 0.1) is 0 Å². The van der Waals surface area contributed by atoms with Gasteiger partial charge in [0, 0.05) is 12.8 Å². The maximum atomic E-state index is 12.7. The third-order valence-corrected chi connectivity index (χ3v) is 10.4. The molecule has 0 radical (unpaired) electrons. The van der Waals surface area contributed by atoms with Crippen LogP contribution in [-0.4, -0.2) is 70.0 Å². The molecule has 54 heavy (non-hydrogen) atoms. The maximum Gasteiger partial charge on any atom is 0.306 e. The number of rotatable bonds is 40. The molecule has 0 N–H and O–H groups in total. The lowest BCUT2D eigenvalue weighted by molar-refractivity contribution is -0.870. The van der Waals surface area contributed by atoms with Crippen molar-refractivity contribution in [2.45, 2.75) is 200 Å². The first-order chi connectivity index (χ1) is 26.0. The zero-order valence-corrected chi connectivity index (χ0v) is 36.6. The number of carbonyl (C=O) groups is 2. The fourth-order valence-corrected chi connectivity index (χ4v) is 6.71. The van der Waals surface area contributed by atoms with Crippen LogP contribution in [0.2, 0.25) is 0 Å². The Bertz CT molecular complexity index is 980. The standard InChI is InChI=1S/C44H84NO8P/c1-6-8-10-12-14-16-18-19-20-21-22-23-24-25-27-29-31-33-35-37-44(47)53-42(41-52-54(48,49)51-39-38-45(3,4)5)40-50-43(46)36-34-32-30-28-26-17-15-13-11-9-7-2/h14,16,19-20,42H,6-13,15,17-18,21-41H2,1-5H3/b16-14+,20-19+/t42-/m1/s1. The van der Waals surface area contributed by atoms with Crippen molar-refractivity contribution in [3.05, 3.63) is 24.3 Å². The minimum Gasteiger partial charge on any atom is -0.756 e. The molecule has 0 bridgehead atoms. The Labute approximate surface area is 332 Å². The molecule has 0 saturated heterocycles. The Balaban J connectivity index is 4.31. The molecule has 1 unspecified atom stereocenters. The van der Waals surface area contributed by atoms with Gasteiger partial charge in [-0.2, -0.15) is 0 Å². The van der Waals surface area contributed by atoms with Crippen LogP contribution in [0.25, 0.3) is 0 Å². The van der Waals surface area contributed by atoms with Gasteiger partial charge in [-0.15, -0.1) is 0 Å². The van der Waals surface area contributed by atoms with E-state index in [1.807, 2.05) is 21.1 Å². The van der Waals surface area contributed by atoms with Crippen LogP contribution in [0.15, 0.2) is 24.3 Å². The first-order valence-electron chi connectivity index (χ1n) is 22.0. The van der Waals surface area contributed by atoms with Gasteiger partial charge in [-0.1, -0.05) is 160 Å². The van der Waals surface area contributed by atoms with E-state index in [9.17, 15) is 19.0 Å². The lowest BCUT2D eigenvalue weighted by Crippen LogP contribution is -2.37. The van der Waals surface area contributed by atoms with Crippen molar-refractivity contribution in [3.63, 3.8) is 0 Å². The average Bonchev–Trinajstić information content (AvgIpc) is 3.12. The van der Waals surface area contributed by atoms with Crippen LogP contribution in [0.4, 0.5) is 0 Å². The highest BCUT2D eigenvalue weighted by Gasteiger charge is 2.21. The topological polar surface area (TPSA) is 111 Å². The fraction of sp³-hybridized carbons (Fsp3) is 0.864. The number of likely N-dealkylation sites (N-methyl/N-ethyl adjacent to an activating group) is 1. The van der Waals surface area contributed by atoms with Gasteiger partial charge in [0.05, 0.1) is 27.7 Å². The number of hydrogen-bond acceptors (Lipinski definition) is 8. The van der Waals surface area contributed by atoms with E-state index >= 15 is 0 Å². The molecule has 10 heteroatoms. The number of ether oxygens (including phenoxy) is 2. The second kappa shape index (κ2) is 37.1. The van der Waals surface area contributed by atoms with Crippen LogP contribution in [0.5, 0.6) is 0 Å². The lowest BCUT2D eigenvalue weighted by Gasteiger charge is -2.28. The molecule has 9 nitrogen and oxygen atoms in total. The summed E-state index contributed by atoms with van der Waals surface area (Å²) in [7, 11) is 1.17. The number of allylic oxidation sites excluding steroid dienone is 4. The third-order valence-electron chi connectivity index (χ3n) is 9.47. The molecule has 0 rings (SSSR count). The molecule has 0 spiro atoms. The van der Waals surface area contributed by atoms with Crippen LogP contribution >= 0.6 is 7.82 Å². The molecule has 0 aliphatic heterocycles. The van der Waals surface area contributed by atoms with Crippen molar-refractivity contribution in [1.82, 2.24) is 0 Å². The number of phosphoric ester groups is 1. The molecule has 0 aromatic heterocycles. The number of carbonyl (C=O) groups excluding carboxylic acids is 2. The number of unbranched alkanes of at least 4 members (excludes halogenated alkanes) is 22. The van der Waals surface area contributed by atoms with Gasteiger partial charge in [0.15, 0.2) is 6.10 Å². The Morgan fingerprint density at radius 2 is 1.00 bits per heavy atom. The van der Waals surface area contributed by atoms with Gasteiger partial charge in [-0.05, 0) is 44.9 Å². The average molecular weight is 786 g/mol. The van der Waals surface area contributed by atoms with Crippen molar-refractivity contribution >= 4 is 19.8 Å². The fourth-order valence-electron chi connectivity index (χ4n) is 5.98. The number of hydrogen-bond donors (Lipinski definition) is 0. The molecule has 2 atom stereocenters. The van der Waals surface area contributed by atoms with E-state index in [4.69, 9.17) is 18.5 Å². The van der Waals surface area contributed by atoms with E-state index < -0.39 is 26.5 Å². The summed E-state index contributed by atoms with van der Waals surface area (Å²) in [5, 5.41) is 0. The molecule has 0 aromatic rings. The zero-order chi connectivity index (χ0) is 40.0. The zero-order valence-electron chi connectivity index (χ0n) is 35.7. The lowest BCUT2D eigenvalue weighted by atomic mass is 10.1. The third kappa shape index (κ3) is 40.2. The Morgan fingerprint density at radius 3 is 1.50 bits per heavy atom. The van der Waals surface area contributed by atoms with Crippen LogP contribution in [0.3, 0.4) is 0 Å². The van der Waals surface area contributed by atoms with Gasteiger partial charge in [-0.25, -0.2) is 0 Å². The van der Waals surface area contributed by atoms with E-state index in [1.165, 1.54) is 109 Å². The molecule has 0 fully saturated rings. The quantitative estimate of drug-likeness (QED) is 0.0198. The smallest absolute Gasteiger partial charge is 0.306 e. The van der Waals surface area contributed by atoms with Gasteiger partial charge in [0.1, 0.15) is 19.8 Å². The van der Waals surface area contributed by atoms with Gasteiger partial charge >= 0.3 is 11.9 Å². The monoisotopic (exact) mass is 786 g/mol. The van der Waals surface area contributed by atoms with Crippen molar-refractivity contribution in [2.24, 2.45) is 0 Å². The first-order valence-corrected chi connectivity index (χ1v) is 23.5. The Morgan fingerprint density at radius 1 is 0.574 bits per heavy atom. The molecule has 0 saturated carbocycles. The summed E-state index contributed by atoms with van der Waals surface area (Å²) in [6.45, 7) is 4.20. The van der Waals surface area contributed by atoms with Gasteiger partial charge in [0.2, 0.25) is 0 Å². The molecule has 0 amide bonds. The minimum atomic E-state index is -4.62. The predicted octanol–water partition coefficient (Wildman–Crippen LogP) is 11.7.